The molecule has 0 amide bonds. The molecule has 0 aliphatic heterocycles. The Morgan fingerprint density at radius 2 is 2.08 bits per heavy atom. The predicted octanol–water partition coefficient (Wildman–Crippen LogP) is 3.81. The first-order valence-corrected chi connectivity index (χ1v) is 10.3. The summed E-state index contributed by atoms with van der Waals surface area (Å²) in [5, 5.41) is 7.45. The van der Waals surface area contributed by atoms with E-state index in [0.717, 1.165) is 17.5 Å². The summed E-state index contributed by atoms with van der Waals surface area (Å²) in [4.78, 5) is 24.2. The molecule has 2 aromatic heterocycles. The minimum atomic E-state index is -0.311. The van der Waals surface area contributed by atoms with Crippen LogP contribution in [0.4, 0.5) is 0 Å². The van der Waals surface area contributed by atoms with Gasteiger partial charge in [-0.15, -0.1) is 22.7 Å². The van der Waals surface area contributed by atoms with Crippen LogP contribution in [0.2, 0.25) is 0 Å². The SMILES string of the molecule is CCNC(=NCc1ccc(C)s1)NC(C)c1nc(C)c(C(=O)OCC)s1. The van der Waals surface area contributed by atoms with Gasteiger partial charge in [-0.2, -0.15) is 0 Å². The number of carbonyl (C=O) groups excluding carboxylic acids is 1. The molecule has 0 fully saturated rings. The Labute approximate surface area is 162 Å². The van der Waals surface area contributed by atoms with Crippen LogP contribution in [0.1, 0.15) is 56.9 Å². The second kappa shape index (κ2) is 9.68. The Hall–Kier alpha value is -1.93. The number of thiophene rings is 1. The average molecular weight is 395 g/mol. The van der Waals surface area contributed by atoms with Gasteiger partial charge in [0.2, 0.25) is 0 Å². The third-order valence-electron chi connectivity index (χ3n) is 3.53. The fourth-order valence-electron chi connectivity index (χ4n) is 2.30. The van der Waals surface area contributed by atoms with Crippen molar-refractivity contribution in [2.45, 2.75) is 47.2 Å². The number of ether oxygens (including phenoxy) is 1. The molecule has 2 N–H and O–H groups in total. The number of nitrogens with zero attached hydrogens (tertiary/aromatic N) is 2. The van der Waals surface area contributed by atoms with Crippen molar-refractivity contribution < 1.29 is 9.53 Å². The molecule has 1 atom stereocenters. The lowest BCUT2D eigenvalue weighted by Gasteiger charge is -2.15. The molecule has 0 bridgehead atoms. The van der Waals surface area contributed by atoms with Gasteiger partial charge in [0.25, 0.3) is 0 Å². The van der Waals surface area contributed by atoms with Gasteiger partial charge in [-0.25, -0.2) is 14.8 Å². The van der Waals surface area contributed by atoms with Crippen molar-refractivity contribution in [1.82, 2.24) is 15.6 Å². The lowest BCUT2D eigenvalue weighted by molar-refractivity contribution is 0.0531. The number of carbonyl (C=O) groups is 1. The van der Waals surface area contributed by atoms with Crippen LogP contribution in [-0.4, -0.2) is 30.1 Å². The zero-order chi connectivity index (χ0) is 19.1. The third-order valence-corrected chi connectivity index (χ3v) is 5.84. The maximum Gasteiger partial charge on any atom is 0.350 e. The molecule has 2 aromatic rings. The Morgan fingerprint density at radius 3 is 2.69 bits per heavy atom. The average Bonchev–Trinajstić information content (AvgIpc) is 3.19. The van der Waals surface area contributed by atoms with E-state index in [2.05, 4.69) is 39.7 Å². The van der Waals surface area contributed by atoms with Crippen molar-refractivity contribution in [3.8, 4) is 0 Å². The minimum Gasteiger partial charge on any atom is -0.462 e. The van der Waals surface area contributed by atoms with Gasteiger partial charge in [0.15, 0.2) is 5.96 Å². The number of hydrogen-bond acceptors (Lipinski definition) is 6. The van der Waals surface area contributed by atoms with Crippen molar-refractivity contribution in [1.29, 1.82) is 0 Å². The highest BCUT2D eigenvalue weighted by atomic mass is 32.1. The Bertz CT molecular complexity index is 767. The summed E-state index contributed by atoms with van der Waals surface area (Å²) in [5.74, 6) is 0.422. The first-order chi connectivity index (χ1) is 12.4. The summed E-state index contributed by atoms with van der Waals surface area (Å²) >= 11 is 3.12. The van der Waals surface area contributed by atoms with E-state index >= 15 is 0 Å². The third kappa shape index (κ3) is 5.54. The van der Waals surface area contributed by atoms with Gasteiger partial charge in [0.1, 0.15) is 9.88 Å². The minimum absolute atomic E-state index is 0.0650. The van der Waals surface area contributed by atoms with Crippen LogP contribution in [-0.2, 0) is 11.3 Å². The normalized spacial score (nSPS) is 12.7. The van der Waals surface area contributed by atoms with Crippen LogP contribution in [0, 0.1) is 13.8 Å². The van der Waals surface area contributed by atoms with Gasteiger partial charge in [-0.3, -0.25) is 0 Å². The van der Waals surface area contributed by atoms with Crippen LogP contribution >= 0.6 is 22.7 Å². The molecule has 0 spiro atoms. The standard InChI is InChI=1S/C18H26N4O2S2/c1-6-19-18(20-10-14-9-8-11(3)25-14)22-13(5)16-21-12(4)15(26-16)17(23)24-7-2/h8-9,13H,6-7,10H2,1-5H3,(H2,19,20,22). The second-order valence-electron chi connectivity index (χ2n) is 5.76. The quantitative estimate of drug-likeness (QED) is 0.424. The molecule has 1 unspecified atom stereocenters. The van der Waals surface area contributed by atoms with Crippen LogP contribution in [0.25, 0.3) is 0 Å². The number of aliphatic imine (C=N–C) groups is 1. The van der Waals surface area contributed by atoms with Gasteiger partial charge >= 0.3 is 5.97 Å². The predicted molar refractivity (Wildman–Crippen MR) is 108 cm³/mol. The number of thiazole rings is 1. The van der Waals surface area contributed by atoms with Crippen LogP contribution in [0.5, 0.6) is 0 Å². The molecule has 0 aliphatic carbocycles. The van der Waals surface area contributed by atoms with E-state index in [0.29, 0.717) is 23.7 Å². The molecule has 142 valence electrons. The van der Waals surface area contributed by atoms with Crippen LogP contribution in [0.15, 0.2) is 17.1 Å². The molecule has 2 heterocycles. The summed E-state index contributed by atoms with van der Waals surface area (Å²) in [6.07, 6.45) is 0. The van der Waals surface area contributed by atoms with Crippen molar-refractivity contribution >= 4 is 34.6 Å². The van der Waals surface area contributed by atoms with Gasteiger partial charge in [0.05, 0.1) is 24.9 Å². The monoisotopic (exact) mass is 394 g/mol. The first kappa shape index (κ1) is 20.4. The topological polar surface area (TPSA) is 75.6 Å². The summed E-state index contributed by atoms with van der Waals surface area (Å²) in [6, 6.07) is 4.14. The van der Waals surface area contributed by atoms with Gasteiger partial charge in [0, 0.05) is 16.3 Å². The number of nitrogens with one attached hydrogen (secondary N) is 2. The lowest BCUT2D eigenvalue weighted by atomic mass is 10.3. The molecule has 0 aliphatic rings. The van der Waals surface area contributed by atoms with Crippen molar-refractivity contribution in [2.75, 3.05) is 13.2 Å². The number of rotatable bonds is 7. The molecule has 8 heteroatoms. The summed E-state index contributed by atoms with van der Waals surface area (Å²) in [5.41, 5.74) is 0.702. The van der Waals surface area contributed by atoms with E-state index in [4.69, 9.17) is 4.74 Å². The fourth-order valence-corrected chi connectivity index (χ4v) is 4.08. The second-order valence-corrected chi connectivity index (χ2v) is 8.16. The summed E-state index contributed by atoms with van der Waals surface area (Å²) < 4.78 is 5.09. The highest BCUT2D eigenvalue weighted by molar-refractivity contribution is 7.13. The Kier molecular flexibility index (Phi) is 7.59. The summed E-state index contributed by atoms with van der Waals surface area (Å²) in [6.45, 7) is 11.5. The molecule has 0 aromatic carbocycles. The molecule has 0 saturated heterocycles. The van der Waals surface area contributed by atoms with Crippen molar-refractivity contribution in [2.24, 2.45) is 4.99 Å². The molecule has 26 heavy (non-hydrogen) atoms. The van der Waals surface area contributed by atoms with E-state index in [-0.39, 0.29) is 12.0 Å². The molecule has 0 radical (unpaired) electrons. The summed E-state index contributed by atoms with van der Waals surface area (Å²) in [7, 11) is 0. The van der Waals surface area contributed by atoms with Gasteiger partial charge in [-0.05, 0) is 46.8 Å². The van der Waals surface area contributed by atoms with E-state index in [1.54, 1.807) is 18.3 Å². The molecular formula is C18H26N4O2S2. The number of hydrogen-bond donors (Lipinski definition) is 2. The van der Waals surface area contributed by atoms with Gasteiger partial charge < -0.3 is 15.4 Å². The highest BCUT2D eigenvalue weighted by Gasteiger charge is 2.20. The van der Waals surface area contributed by atoms with Crippen LogP contribution in [0.3, 0.4) is 0 Å². The molecular weight excluding hydrogens is 368 g/mol. The largest absolute Gasteiger partial charge is 0.462 e. The maximum absolute atomic E-state index is 12.0. The Morgan fingerprint density at radius 1 is 1.31 bits per heavy atom. The highest BCUT2D eigenvalue weighted by Crippen LogP contribution is 2.24. The molecule has 0 saturated carbocycles. The molecule has 2 rings (SSSR count). The zero-order valence-corrected chi connectivity index (χ0v) is 17.5. The number of guanidine groups is 1. The number of esters is 1. The lowest BCUT2D eigenvalue weighted by Crippen LogP contribution is -2.38. The number of aromatic nitrogens is 1. The Balaban J connectivity index is 2.08. The van der Waals surface area contributed by atoms with Crippen molar-refractivity contribution in [3.05, 3.63) is 37.5 Å². The van der Waals surface area contributed by atoms with E-state index in [1.807, 2.05) is 20.8 Å². The van der Waals surface area contributed by atoms with E-state index < -0.39 is 0 Å². The first-order valence-electron chi connectivity index (χ1n) is 8.69. The van der Waals surface area contributed by atoms with E-state index in [1.165, 1.54) is 21.1 Å². The van der Waals surface area contributed by atoms with Crippen LogP contribution < -0.4 is 10.6 Å². The smallest absolute Gasteiger partial charge is 0.350 e. The van der Waals surface area contributed by atoms with Gasteiger partial charge in [-0.1, -0.05) is 0 Å². The fraction of sp³-hybridized carbons (Fsp3) is 0.500. The van der Waals surface area contributed by atoms with Crippen molar-refractivity contribution in [3.63, 3.8) is 0 Å². The zero-order valence-electron chi connectivity index (χ0n) is 15.9. The number of aryl methyl sites for hydroxylation is 2. The maximum atomic E-state index is 12.0. The van der Waals surface area contributed by atoms with E-state index in [9.17, 15) is 4.79 Å². The molecule has 6 nitrogen and oxygen atoms in total.